The first-order chi connectivity index (χ1) is 7.13. The minimum absolute atomic E-state index is 0.360. The van der Waals surface area contributed by atoms with Crippen molar-refractivity contribution in [3.05, 3.63) is 28.5 Å². The second-order valence-electron chi connectivity index (χ2n) is 3.85. The summed E-state index contributed by atoms with van der Waals surface area (Å²) in [6.07, 6.45) is 1.83. The van der Waals surface area contributed by atoms with Crippen molar-refractivity contribution >= 4 is 27.0 Å². The van der Waals surface area contributed by atoms with Crippen LogP contribution < -0.4 is 5.73 Å². The van der Waals surface area contributed by atoms with E-state index in [2.05, 4.69) is 40.0 Å². The van der Waals surface area contributed by atoms with E-state index in [1.807, 2.05) is 17.9 Å². The van der Waals surface area contributed by atoms with Gasteiger partial charge < -0.3 is 10.3 Å². The lowest BCUT2D eigenvalue weighted by Crippen LogP contribution is -2.09. The molecule has 2 aromatic rings. The SMILES string of the molecule is CC(CN)c1cc2c(cc1Br)ncn2C. The van der Waals surface area contributed by atoms with Gasteiger partial charge in [-0.3, -0.25) is 0 Å². The van der Waals surface area contributed by atoms with Gasteiger partial charge in [0.15, 0.2) is 0 Å². The first-order valence-electron chi connectivity index (χ1n) is 4.94. The summed E-state index contributed by atoms with van der Waals surface area (Å²) in [6.45, 7) is 2.78. The zero-order chi connectivity index (χ0) is 11.0. The lowest BCUT2D eigenvalue weighted by molar-refractivity contribution is 0.770. The van der Waals surface area contributed by atoms with Crippen molar-refractivity contribution in [3.8, 4) is 0 Å². The highest BCUT2D eigenvalue weighted by atomic mass is 79.9. The Morgan fingerprint density at radius 1 is 1.53 bits per heavy atom. The van der Waals surface area contributed by atoms with Crippen molar-refractivity contribution in [2.45, 2.75) is 12.8 Å². The number of fused-ring (bicyclic) bond motifs is 1. The van der Waals surface area contributed by atoms with Gasteiger partial charge in [-0.1, -0.05) is 22.9 Å². The fraction of sp³-hybridized carbons (Fsp3) is 0.364. The molecule has 1 heterocycles. The maximum absolute atomic E-state index is 5.69. The van der Waals surface area contributed by atoms with Crippen LogP contribution in [0.1, 0.15) is 18.4 Å². The molecular weight excluding hydrogens is 254 g/mol. The standard InChI is InChI=1S/C11H14BrN3/c1-7(5-13)8-3-11-10(4-9(8)12)14-6-15(11)2/h3-4,6-7H,5,13H2,1-2H3. The number of aryl methyl sites for hydroxylation is 1. The third kappa shape index (κ3) is 1.79. The summed E-state index contributed by atoms with van der Waals surface area (Å²) in [5.41, 5.74) is 9.09. The highest BCUT2D eigenvalue weighted by molar-refractivity contribution is 9.10. The van der Waals surface area contributed by atoms with Crippen molar-refractivity contribution in [1.82, 2.24) is 9.55 Å². The Labute approximate surface area is 97.4 Å². The number of imidazole rings is 1. The van der Waals surface area contributed by atoms with E-state index in [1.165, 1.54) is 5.56 Å². The third-order valence-electron chi connectivity index (χ3n) is 2.73. The Balaban J connectivity index is 2.64. The van der Waals surface area contributed by atoms with Crippen LogP contribution in [0.25, 0.3) is 11.0 Å². The largest absolute Gasteiger partial charge is 0.334 e. The molecule has 0 aliphatic heterocycles. The van der Waals surface area contributed by atoms with Crippen molar-refractivity contribution in [2.75, 3.05) is 6.54 Å². The molecule has 2 rings (SSSR count). The Morgan fingerprint density at radius 3 is 2.93 bits per heavy atom. The second kappa shape index (κ2) is 3.94. The molecule has 1 unspecified atom stereocenters. The van der Waals surface area contributed by atoms with E-state index >= 15 is 0 Å². The Bertz CT molecular complexity index is 490. The quantitative estimate of drug-likeness (QED) is 0.908. The molecule has 1 aromatic carbocycles. The molecule has 0 saturated carbocycles. The molecule has 0 aliphatic carbocycles. The Morgan fingerprint density at radius 2 is 2.27 bits per heavy atom. The van der Waals surface area contributed by atoms with Crippen LogP contribution in [0.3, 0.4) is 0 Å². The Hall–Kier alpha value is -0.870. The molecule has 0 radical (unpaired) electrons. The average molecular weight is 268 g/mol. The summed E-state index contributed by atoms with van der Waals surface area (Å²) in [6, 6.07) is 4.21. The summed E-state index contributed by atoms with van der Waals surface area (Å²) >= 11 is 3.56. The molecule has 15 heavy (non-hydrogen) atoms. The first kappa shape index (κ1) is 10.6. The van der Waals surface area contributed by atoms with Crippen LogP contribution in [0.15, 0.2) is 22.9 Å². The summed E-state index contributed by atoms with van der Waals surface area (Å²) in [5.74, 6) is 0.360. The number of nitrogens with zero attached hydrogens (tertiary/aromatic N) is 2. The van der Waals surface area contributed by atoms with Gasteiger partial charge in [0.25, 0.3) is 0 Å². The third-order valence-corrected chi connectivity index (χ3v) is 3.42. The maximum Gasteiger partial charge on any atom is 0.0955 e. The van der Waals surface area contributed by atoms with E-state index < -0.39 is 0 Å². The predicted molar refractivity (Wildman–Crippen MR) is 65.9 cm³/mol. The molecule has 1 atom stereocenters. The first-order valence-corrected chi connectivity index (χ1v) is 5.73. The van der Waals surface area contributed by atoms with Gasteiger partial charge in [0.1, 0.15) is 0 Å². The maximum atomic E-state index is 5.69. The molecule has 0 amide bonds. The van der Waals surface area contributed by atoms with Gasteiger partial charge in [-0.05, 0) is 30.2 Å². The fourth-order valence-corrected chi connectivity index (χ4v) is 2.39. The van der Waals surface area contributed by atoms with E-state index in [0.29, 0.717) is 12.5 Å². The normalized spacial score (nSPS) is 13.3. The molecule has 0 bridgehead atoms. The van der Waals surface area contributed by atoms with Crippen molar-refractivity contribution in [2.24, 2.45) is 12.8 Å². The van der Waals surface area contributed by atoms with Crippen LogP contribution >= 0.6 is 15.9 Å². The molecule has 3 nitrogen and oxygen atoms in total. The molecule has 0 fully saturated rings. The molecule has 80 valence electrons. The average Bonchev–Trinajstić information content (AvgIpc) is 2.58. The monoisotopic (exact) mass is 267 g/mol. The van der Waals surface area contributed by atoms with Gasteiger partial charge in [-0.25, -0.2) is 4.98 Å². The van der Waals surface area contributed by atoms with Crippen LogP contribution in [0.5, 0.6) is 0 Å². The minimum Gasteiger partial charge on any atom is -0.334 e. The minimum atomic E-state index is 0.360. The molecule has 0 spiro atoms. The van der Waals surface area contributed by atoms with Gasteiger partial charge in [0.2, 0.25) is 0 Å². The number of halogens is 1. The van der Waals surface area contributed by atoms with E-state index in [9.17, 15) is 0 Å². The second-order valence-corrected chi connectivity index (χ2v) is 4.71. The van der Waals surface area contributed by atoms with E-state index in [4.69, 9.17) is 5.73 Å². The van der Waals surface area contributed by atoms with Crippen LogP contribution in [0.4, 0.5) is 0 Å². The van der Waals surface area contributed by atoms with Gasteiger partial charge in [0.05, 0.1) is 17.4 Å². The lowest BCUT2D eigenvalue weighted by atomic mass is 10.0. The summed E-state index contributed by atoms with van der Waals surface area (Å²) in [4.78, 5) is 4.31. The van der Waals surface area contributed by atoms with Crippen LogP contribution in [-0.4, -0.2) is 16.1 Å². The highest BCUT2D eigenvalue weighted by Crippen LogP contribution is 2.28. The topological polar surface area (TPSA) is 43.8 Å². The van der Waals surface area contributed by atoms with Gasteiger partial charge in [-0.2, -0.15) is 0 Å². The number of hydrogen-bond donors (Lipinski definition) is 1. The molecule has 2 N–H and O–H groups in total. The number of hydrogen-bond acceptors (Lipinski definition) is 2. The zero-order valence-electron chi connectivity index (χ0n) is 8.87. The van der Waals surface area contributed by atoms with Crippen molar-refractivity contribution in [1.29, 1.82) is 0 Å². The molecule has 0 saturated heterocycles. The molecular formula is C11H14BrN3. The van der Waals surface area contributed by atoms with Crippen molar-refractivity contribution < 1.29 is 0 Å². The number of aromatic nitrogens is 2. The van der Waals surface area contributed by atoms with E-state index in [1.54, 1.807) is 0 Å². The van der Waals surface area contributed by atoms with Crippen molar-refractivity contribution in [3.63, 3.8) is 0 Å². The predicted octanol–water partition coefficient (Wildman–Crippen LogP) is 2.40. The van der Waals surface area contributed by atoms with Gasteiger partial charge >= 0.3 is 0 Å². The summed E-state index contributed by atoms with van der Waals surface area (Å²) < 4.78 is 3.11. The molecule has 0 aliphatic rings. The zero-order valence-corrected chi connectivity index (χ0v) is 10.5. The van der Waals surface area contributed by atoms with E-state index in [-0.39, 0.29) is 0 Å². The number of benzene rings is 1. The highest BCUT2D eigenvalue weighted by Gasteiger charge is 2.11. The fourth-order valence-electron chi connectivity index (χ4n) is 1.67. The lowest BCUT2D eigenvalue weighted by Gasteiger charge is -2.11. The van der Waals surface area contributed by atoms with Gasteiger partial charge in [0, 0.05) is 11.5 Å². The van der Waals surface area contributed by atoms with Gasteiger partial charge in [-0.15, -0.1) is 0 Å². The molecule has 4 heteroatoms. The summed E-state index contributed by atoms with van der Waals surface area (Å²) in [7, 11) is 2.00. The number of rotatable bonds is 2. The van der Waals surface area contributed by atoms with E-state index in [0.717, 1.165) is 15.5 Å². The molecule has 1 aromatic heterocycles. The number of nitrogens with two attached hydrogens (primary N) is 1. The van der Waals surface area contributed by atoms with Crippen LogP contribution in [-0.2, 0) is 7.05 Å². The van der Waals surface area contributed by atoms with Crippen LogP contribution in [0, 0.1) is 0 Å². The smallest absolute Gasteiger partial charge is 0.0955 e. The Kier molecular flexibility index (Phi) is 2.80. The van der Waals surface area contributed by atoms with Crippen LogP contribution in [0.2, 0.25) is 0 Å². The summed E-state index contributed by atoms with van der Waals surface area (Å²) in [5, 5.41) is 0.